The van der Waals surface area contributed by atoms with Crippen molar-refractivity contribution in [3.63, 3.8) is 0 Å². The molecule has 2 rings (SSSR count). The van der Waals surface area contributed by atoms with E-state index >= 15 is 0 Å². The number of nitrogens with two attached hydrogens (primary N) is 1. The number of benzene rings is 1. The van der Waals surface area contributed by atoms with Crippen molar-refractivity contribution in [2.24, 2.45) is 5.14 Å². The van der Waals surface area contributed by atoms with Crippen LogP contribution in [0.15, 0.2) is 50.4 Å². The molecule has 0 spiro atoms. The fourth-order valence-electron chi connectivity index (χ4n) is 1.70. The Labute approximate surface area is 136 Å². The molecule has 9 heteroatoms. The first-order chi connectivity index (χ1) is 10.3. The Balaban J connectivity index is 1.79. The van der Waals surface area contributed by atoms with Crippen molar-refractivity contribution in [1.82, 2.24) is 5.32 Å². The highest BCUT2D eigenvalue weighted by molar-refractivity contribution is 9.10. The highest BCUT2D eigenvalue weighted by Gasteiger charge is 2.07. The second-order valence-corrected chi connectivity index (χ2v) is 6.77. The number of amides is 2. The highest BCUT2D eigenvalue weighted by atomic mass is 79.9. The molecule has 0 aliphatic rings. The number of carbonyl (C=O) groups excluding carboxylic acids is 1. The Kier molecular flexibility index (Phi) is 5.22. The lowest BCUT2D eigenvalue weighted by molar-refractivity contribution is 0.251. The van der Waals surface area contributed by atoms with E-state index in [0.29, 0.717) is 23.5 Å². The van der Waals surface area contributed by atoms with E-state index in [1.165, 1.54) is 12.1 Å². The summed E-state index contributed by atoms with van der Waals surface area (Å²) in [5, 5.41) is 10.2. The van der Waals surface area contributed by atoms with Crippen molar-refractivity contribution in [2.45, 2.75) is 11.3 Å². The molecule has 2 amide bonds. The van der Waals surface area contributed by atoms with E-state index in [1.807, 2.05) is 0 Å². The Morgan fingerprint density at radius 2 is 1.86 bits per heavy atom. The van der Waals surface area contributed by atoms with E-state index in [9.17, 15) is 13.2 Å². The second kappa shape index (κ2) is 6.95. The summed E-state index contributed by atoms with van der Waals surface area (Å²) in [6, 6.07) is 9.09. The van der Waals surface area contributed by atoms with Crippen molar-refractivity contribution in [2.75, 3.05) is 11.9 Å². The zero-order chi connectivity index (χ0) is 16.2. The fraction of sp³-hybridized carbons (Fsp3) is 0.154. The number of furan rings is 1. The summed E-state index contributed by atoms with van der Waals surface area (Å²) in [4.78, 5) is 11.7. The topological polar surface area (TPSA) is 114 Å². The third kappa shape index (κ3) is 4.86. The quantitative estimate of drug-likeness (QED) is 0.727. The van der Waals surface area contributed by atoms with E-state index in [-0.39, 0.29) is 10.9 Å². The summed E-state index contributed by atoms with van der Waals surface area (Å²) < 4.78 is 27.9. The van der Waals surface area contributed by atoms with Gasteiger partial charge in [-0.2, -0.15) is 0 Å². The van der Waals surface area contributed by atoms with Crippen LogP contribution < -0.4 is 15.8 Å². The standard InChI is InChI=1S/C13H14BrN3O4S/c14-11-5-6-12(21-11)17-13(18)16-8-7-9-1-3-10(4-2-9)22(15,19)20/h1-6H,7-8H2,(H2,15,19,20)(H2,16,17,18). The average molecular weight is 388 g/mol. The molecule has 0 atom stereocenters. The Bertz CT molecular complexity index is 756. The van der Waals surface area contributed by atoms with E-state index < -0.39 is 10.0 Å². The first kappa shape index (κ1) is 16.5. The van der Waals surface area contributed by atoms with Crippen LogP contribution in [0.25, 0.3) is 0 Å². The van der Waals surface area contributed by atoms with Gasteiger partial charge in [0.15, 0.2) is 4.67 Å². The summed E-state index contributed by atoms with van der Waals surface area (Å²) in [5.41, 5.74) is 0.883. The number of hydrogen-bond acceptors (Lipinski definition) is 4. The normalized spacial score (nSPS) is 11.2. The van der Waals surface area contributed by atoms with Crippen LogP contribution in [0.1, 0.15) is 5.56 Å². The van der Waals surface area contributed by atoms with Gasteiger partial charge in [-0.25, -0.2) is 18.4 Å². The molecule has 2 aromatic rings. The van der Waals surface area contributed by atoms with Crippen LogP contribution in [0.2, 0.25) is 0 Å². The van der Waals surface area contributed by atoms with Gasteiger partial charge < -0.3 is 9.73 Å². The van der Waals surface area contributed by atoms with Gasteiger partial charge in [0.2, 0.25) is 15.9 Å². The van der Waals surface area contributed by atoms with E-state index in [0.717, 1.165) is 5.56 Å². The molecule has 0 unspecified atom stereocenters. The van der Waals surface area contributed by atoms with Crippen molar-refractivity contribution in [3.05, 3.63) is 46.6 Å². The highest BCUT2D eigenvalue weighted by Crippen LogP contribution is 2.17. The Hall–Kier alpha value is -1.84. The molecule has 22 heavy (non-hydrogen) atoms. The maximum absolute atomic E-state index is 11.6. The van der Waals surface area contributed by atoms with Crippen molar-refractivity contribution >= 4 is 37.9 Å². The lowest BCUT2D eigenvalue weighted by atomic mass is 10.1. The molecule has 1 heterocycles. The van der Waals surface area contributed by atoms with Gasteiger partial charge in [0, 0.05) is 12.6 Å². The minimum Gasteiger partial charge on any atom is -0.434 e. The third-order valence-corrected chi connectivity index (χ3v) is 4.12. The van der Waals surface area contributed by atoms with Crippen LogP contribution in [0.5, 0.6) is 0 Å². The predicted molar refractivity (Wildman–Crippen MR) is 84.9 cm³/mol. The number of carbonyl (C=O) groups is 1. The van der Waals surface area contributed by atoms with Gasteiger partial charge >= 0.3 is 6.03 Å². The van der Waals surface area contributed by atoms with Crippen LogP contribution in [-0.4, -0.2) is 21.0 Å². The smallest absolute Gasteiger partial charge is 0.321 e. The Morgan fingerprint density at radius 3 is 2.41 bits per heavy atom. The number of anilines is 1. The number of rotatable bonds is 5. The number of hydrogen-bond donors (Lipinski definition) is 3. The van der Waals surface area contributed by atoms with Gasteiger partial charge in [0.05, 0.1) is 4.90 Å². The Morgan fingerprint density at radius 1 is 1.18 bits per heavy atom. The van der Waals surface area contributed by atoms with Gasteiger partial charge in [-0.3, -0.25) is 5.32 Å². The second-order valence-electron chi connectivity index (χ2n) is 4.42. The van der Waals surface area contributed by atoms with E-state index in [1.54, 1.807) is 24.3 Å². The van der Waals surface area contributed by atoms with Gasteiger partial charge in [-0.05, 0) is 46.1 Å². The minimum atomic E-state index is -3.68. The van der Waals surface area contributed by atoms with Gasteiger partial charge in [0.25, 0.3) is 0 Å². The van der Waals surface area contributed by atoms with Crippen LogP contribution in [0.4, 0.5) is 10.7 Å². The molecule has 0 aliphatic carbocycles. The number of nitrogens with one attached hydrogen (secondary N) is 2. The lowest BCUT2D eigenvalue weighted by Gasteiger charge is -2.06. The van der Waals surface area contributed by atoms with Gasteiger partial charge in [-0.1, -0.05) is 12.1 Å². The molecule has 118 valence electrons. The van der Waals surface area contributed by atoms with E-state index in [4.69, 9.17) is 9.56 Å². The fourth-order valence-corrected chi connectivity index (χ4v) is 2.53. The minimum absolute atomic E-state index is 0.0605. The zero-order valence-electron chi connectivity index (χ0n) is 11.4. The average Bonchev–Trinajstić information content (AvgIpc) is 2.83. The maximum Gasteiger partial charge on any atom is 0.321 e. The van der Waals surface area contributed by atoms with Crippen LogP contribution in [0.3, 0.4) is 0 Å². The number of halogens is 1. The summed E-state index contributed by atoms with van der Waals surface area (Å²) in [6.07, 6.45) is 0.556. The molecule has 0 saturated heterocycles. The molecular formula is C13H14BrN3O4S. The number of sulfonamides is 1. The van der Waals surface area contributed by atoms with Crippen molar-refractivity contribution < 1.29 is 17.6 Å². The lowest BCUT2D eigenvalue weighted by Crippen LogP contribution is -2.30. The number of primary sulfonamides is 1. The zero-order valence-corrected chi connectivity index (χ0v) is 13.8. The third-order valence-electron chi connectivity index (χ3n) is 2.76. The molecule has 1 aromatic carbocycles. The summed E-state index contributed by atoms with van der Waals surface area (Å²) in [6.45, 7) is 0.391. The summed E-state index contributed by atoms with van der Waals surface area (Å²) in [7, 11) is -3.68. The molecule has 0 aliphatic heterocycles. The maximum atomic E-state index is 11.6. The van der Waals surface area contributed by atoms with Crippen LogP contribution in [0, 0.1) is 0 Å². The first-order valence-electron chi connectivity index (χ1n) is 6.26. The predicted octanol–water partition coefficient (Wildman–Crippen LogP) is 2.05. The van der Waals surface area contributed by atoms with E-state index in [2.05, 4.69) is 26.6 Å². The molecule has 0 bridgehead atoms. The van der Waals surface area contributed by atoms with Crippen LogP contribution >= 0.6 is 15.9 Å². The molecule has 0 fully saturated rings. The van der Waals surface area contributed by atoms with Crippen molar-refractivity contribution in [1.29, 1.82) is 0 Å². The SMILES string of the molecule is NS(=O)(=O)c1ccc(CCNC(=O)Nc2ccc(Br)o2)cc1. The molecular weight excluding hydrogens is 374 g/mol. The molecule has 0 radical (unpaired) electrons. The molecule has 7 nitrogen and oxygen atoms in total. The van der Waals surface area contributed by atoms with Gasteiger partial charge in [-0.15, -0.1) is 0 Å². The summed E-state index contributed by atoms with van der Waals surface area (Å²) >= 11 is 3.13. The van der Waals surface area contributed by atoms with Crippen molar-refractivity contribution in [3.8, 4) is 0 Å². The number of urea groups is 1. The monoisotopic (exact) mass is 387 g/mol. The summed E-state index contributed by atoms with van der Waals surface area (Å²) in [5.74, 6) is 0.335. The molecule has 4 N–H and O–H groups in total. The first-order valence-corrected chi connectivity index (χ1v) is 8.60. The van der Waals surface area contributed by atoms with Crippen LogP contribution in [-0.2, 0) is 16.4 Å². The largest absolute Gasteiger partial charge is 0.434 e. The molecule has 1 aromatic heterocycles. The van der Waals surface area contributed by atoms with Gasteiger partial charge in [0.1, 0.15) is 0 Å². The molecule has 0 saturated carbocycles.